The minimum Gasteiger partial charge on any atom is -0.467 e. The molecule has 0 spiro atoms. The molecule has 1 N–H and O–H groups in total. The largest absolute Gasteiger partial charge is 0.467 e. The summed E-state index contributed by atoms with van der Waals surface area (Å²) >= 11 is 1.52. The molecule has 7 nitrogen and oxygen atoms in total. The van der Waals surface area contributed by atoms with Gasteiger partial charge in [-0.1, -0.05) is 30.3 Å². The summed E-state index contributed by atoms with van der Waals surface area (Å²) < 4.78 is 9.87. The molecular weight excluding hydrogens is 332 g/mol. The molecular formula is C16H18N2O5S. The van der Waals surface area contributed by atoms with Crippen LogP contribution in [0.1, 0.15) is 12.0 Å². The Bertz CT molecular complexity index is 639. The number of methoxy groups -OCH3 is 1. The van der Waals surface area contributed by atoms with Crippen molar-refractivity contribution in [1.82, 2.24) is 10.2 Å². The van der Waals surface area contributed by atoms with Gasteiger partial charge >= 0.3 is 12.1 Å². The monoisotopic (exact) mass is 350 g/mol. The van der Waals surface area contributed by atoms with E-state index in [0.717, 1.165) is 5.56 Å². The molecule has 3 atom stereocenters. The number of ether oxygens (including phenoxy) is 2. The number of nitrogens with one attached hydrogen (secondary N) is 1. The minimum absolute atomic E-state index is 0.110. The molecule has 1 aromatic rings. The standard InChI is InChI=1S/C16H18N2O5S/c1-22-15(20)12-9-24-13-7-11(14(19)18(12)13)17-16(21)23-8-10-5-3-2-4-6-10/h2-6,11-13H,7-9H2,1H3,(H,17,21)/t11-,12-,13-/m1/s1. The fourth-order valence-corrected chi connectivity index (χ4v) is 4.31. The summed E-state index contributed by atoms with van der Waals surface area (Å²) in [6.07, 6.45) is -0.185. The number of nitrogens with zero attached hydrogens (tertiary/aromatic N) is 1. The number of amides is 2. The Morgan fingerprint density at radius 3 is 2.79 bits per heavy atom. The lowest BCUT2D eigenvalue weighted by Crippen LogP contribution is -2.47. The van der Waals surface area contributed by atoms with Crippen LogP contribution in [0, 0.1) is 0 Å². The Morgan fingerprint density at radius 1 is 1.33 bits per heavy atom. The molecule has 0 saturated carbocycles. The molecule has 3 rings (SSSR count). The molecule has 2 aliphatic heterocycles. The lowest BCUT2D eigenvalue weighted by molar-refractivity contribution is -0.150. The molecule has 0 bridgehead atoms. The Balaban J connectivity index is 1.54. The molecule has 2 saturated heterocycles. The van der Waals surface area contributed by atoms with Crippen LogP contribution in [0.5, 0.6) is 0 Å². The molecule has 128 valence electrons. The van der Waals surface area contributed by atoms with Gasteiger partial charge in [0.1, 0.15) is 18.7 Å². The highest BCUT2D eigenvalue weighted by Gasteiger charge is 2.50. The maximum absolute atomic E-state index is 12.5. The van der Waals surface area contributed by atoms with Crippen LogP contribution >= 0.6 is 11.8 Å². The van der Waals surface area contributed by atoms with E-state index in [0.29, 0.717) is 12.2 Å². The van der Waals surface area contributed by atoms with E-state index in [2.05, 4.69) is 5.32 Å². The van der Waals surface area contributed by atoms with Gasteiger partial charge in [-0.15, -0.1) is 11.8 Å². The quantitative estimate of drug-likeness (QED) is 0.820. The molecule has 2 amide bonds. The average molecular weight is 350 g/mol. The van der Waals surface area contributed by atoms with Crippen molar-refractivity contribution in [3.05, 3.63) is 35.9 Å². The molecule has 0 unspecified atom stereocenters. The number of carbonyl (C=O) groups excluding carboxylic acids is 3. The summed E-state index contributed by atoms with van der Waals surface area (Å²) in [5, 5.41) is 2.48. The zero-order chi connectivity index (χ0) is 17.1. The van der Waals surface area contributed by atoms with Crippen LogP contribution in [0.25, 0.3) is 0 Å². The van der Waals surface area contributed by atoms with Crippen molar-refractivity contribution in [3.63, 3.8) is 0 Å². The topological polar surface area (TPSA) is 84.9 Å². The fraction of sp³-hybridized carbons (Fsp3) is 0.438. The summed E-state index contributed by atoms with van der Waals surface area (Å²) in [7, 11) is 1.30. The second kappa shape index (κ2) is 7.12. The zero-order valence-electron chi connectivity index (χ0n) is 13.1. The van der Waals surface area contributed by atoms with Crippen molar-refractivity contribution in [2.24, 2.45) is 0 Å². The minimum atomic E-state index is -0.668. The third-order valence-corrected chi connectivity index (χ3v) is 5.37. The highest BCUT2D eigenvalue weighted by atomic mass is 32.2. The molecule has 1 aromatic carbocycles. The van der Waals surface area contributed by atoms with Gasteiger partial charge in [0.05, 0.1) is 12.5 Å². The maximum Gasteiger partial charge on any atom is 0.408 e. The predicted octanol–water partition coefficient (Wildman–Crippen LogP) is 1.13. The summed E-state index contributed by atoms with van der Waals surface area (Å²) in [5.74, 6) is -0.170. The Hall–Kier alpha value is -2.22. The van der Waals surface area contributed by atoms with Crippen molar-refractivity contribution in [2.45, 2.75) is 30.5 Å². The lowest BCUT2D eigenvalue weighted by atomic mass is 10.2. The van der Waals surface area contributed by atoms with Crippen molar-refractivity contribution >= 4 is 29.7 Å². The number of carbonyl (C=O) groups is 3. The van der Waals surface area contributed by atoms with E-state index >= 15 is 0 Å². The van der Waals surface area contributed by atoms with Gasteiger partial charge in [0.15, 0.2) is 0 Å². The lowest BCUT2D eigenvalue weighted by Gasteiger charge is -2.21. The van der Waals surface area contributed by atoms with Crippen LogP contribution in [0.2, 0.25) is 0 Å². The van der Waals surface area contributed by atoms with E-state index < -0.39 is 24.1 Å². The molecule has 2 fully saturated rings. The maximum atomic E-state index is 12.5. The summed E-state index contributed by atoms with van der Waals surface area (Å²) in [4.78, 5) is 37.6. The Morgan fingerprint density at radius 2 is 2.08 bits per heavy atom. The van der Waals surface area contributed by atoms with Gasteiger partial charge in [-0.25, -0.2) is 9.59 Å². The molecule has 2 heterocycles. The van der Waals surface area contributed by atoms with Crippen molar-refractivity contribution in [1.29, 1.82) is 0 Å². The van der Waals surface area contributed by atoms with Gasteiger partial charge in [0.25, 0.3) is 0 Å². The second-order valence-corrected chi connectivity index (χ2v) is 6.78. The molecule has 2 aliphatic rings. The molecule has 0 radical (unpaired) electrons. The van der Waals surface area contributed by atoms with Crippen LogP contribution in [-0.2, 0) is 25.7 Å². The van der Waals surface area contributed by atoms with Crippen molar-refractivity contribution in [2.75, 3.05) is 12.9 Å². The predicted molar refractivity (Wildman–Crippen MR) is 87.1 cm³/mol. The van der Waals surface area contributed by atoms with Crippen LogP contribution in [0.4, 0.5) is 4.79 Å². The van der Waals surface area contributed by atoms with E-state index in [-0.39, 0.29) is 17.9 Å². The number of alkyl carbamates (subject to hydrolysis) is 1. The second-order valence-electron chi connectivity index (χ2n) is 5.57. The SMILES string of the molecule is COC(=O)[C@H]1CS[C@@H]2C[C@@H](NC(=O)OCc3ccccc3)C(=O)N12. The van der Waals surface area contributed by atoms with Gasteiger partial charge in [0, 0.05) is 12.2 Å². The number of fused-ring (bicyclic) bond motifs is 1. The highest BCUT2D eigenvalue weighted by Crippen LogP contribution is 2.38. The first-order valence-electron chi connectivity index (χ1n) is 7.59. The first kappa shape index (κ1) is 16.6. The smallest absolute Gasteiger partial charge is 0.408 e. The summed E-state index contributed by atoms with van der Waals surface area (Å²) in [5.41, 5.74) is 0.868. The fourth-order valence-electron chi connectivity index (χ4n) is 2.87. The number of benzene rings is 1. The molecule has 8 heteroatoms. The van der Waals surface area contributed by atoms with Crippen LogP contribution in [0.15, 0.2) is 30.3 Å². The highest BCUT2D eigenvalue weighted by molar-refractivity contribution is 8.00. The van der Waals surface area contributed by atoms with Crippen LogP contribution in [-0.4, -0.2) is 53.2 Å². The van der Waals surface area contributed by atoms with Gasteiger partial charge in [-0.05, 0) is 5.56 Å². The van der Waals surface area contributed by atoms with Crippen LogP contribution < -0.4 is 5.32 Å². The van der Waals surface area contributed by atoms with Crippen molar-refractivity contribution < 1.29 is 23.9 Å². The van der Waals surface area contributed by atoms with E-state index in [9.17, 15) is 14.4 Å². The zero-order valence-corrected chi connectivity index (χ0v) is 14.0. The summed E-state index contributed by atoms with van der Waals surface area (Å²) in [6.45, 7) is 0.139. The molecule has 0 aliphatic carbocycles. The molecule has 0 aromatic heterocycles. The average Bonchev–Trinajstić information content (AvgIpc) is 3.14. The first-order chi connectivity index (χ1) is 11.6. The van der Waals surface area contributed by atoms with Gasteiger partial charge in [-0.2, -0.15) is 0 Å². The Labute approximate surface area is 143 Å². The van der Waals surface area contributed by atoms with Gasteiger partial charge < -0.3 is 19.7 Å². The summed E-state index contributed by atoms with van der Waals surface area (Å²) in [6, 6.07) is 8.04. The van der Waals surface area contributed by atoms with Gasteiger partial charge in [-0.3, -0.25) is 4.79 Å². The van der Waals surface area contributed by atoms with Gasteiger partial charge in [0.2, 0.25) is 5.91 Å². The van der Waals surface area contributed by atoms with Crippen LogP contribution in [0.3, 0.4) is 0 Å². The van der Waals surface area contributed by atoms with Crippen molar-refractivity contribution in [3.8, 4) is 0 Å². The van der Waals surface area contributed by atoms with E-state index in [1.165, 1.54) is 23.8 Å². The number of esters is 1. The van der Waals surface area contributed by atoms with E-state index in [1.807, 2.05) is 30.3 Å². The molecule has 24 heavy (non-hydrogen) atoms. The van der Waals surface area contributed by atoms with E-state index in [4.69, 9.17) is 9.47 Å². The number of thioether (sulfide) groups is 1. The normalized spacial score (nSPS) is 25.3. The number of rotatable bonds is 4. The number of hydrogen-bond donors (Lipinski definition) is 1. The Kier molecular flexibility index (Phi) is 4.94. The van der Waals surface area contributed by atoms with E-state index in [1.54, 1.807) is 0 Å². The first-order valence-corrected chi connectivity index (χ1v) is 8.64. The third-order valence-electron chi connectivity index (χ3n) is 4.06. The third kappa shape index (κ3) is 3.33. The number of hydrogen-bond acceptors (Lipinski definition) is 6.